The predicted octanol–water partition coefficient (Wildman–Crippen LogP) is 6.64. The molecule has 0 aliphatic carbocycles. The number of nitrogens with one attached hydrogen (secondary N) is 2. The van der Waals surface area contributed by atoms with Gasteiger partial charge in [-0.3, -0.25) is 19.2 Å². The van der Waals surface area contributed by atoms with Crippen molar-refractivity contribution in [3.8, 4) is 22.8 Å². The number of likely N-dealkylation sites (tertiary alicyclic amines) is 2. The van der Waals surface area contributed by atoms with Crippen molar-refractivity contribution in [2.45, 2.75) is 50.0 Å². The molecule has 55 heavy (non-hydrogen) atoms. The number of methoxy groups -OCH3 is 2. The fraction of sp³-hybridized carbons (Fsp3) is 0.279. The highest BCUT2D eigenvalue weighted by atomic mass is 16.5. The fourth-order valence-electron chi connectivity index (χ4n) is 7.33. The maximum absolute atomic E-state index is 13.4. The van der Waals surface area contributed by atoms with Gasteiger partial charge in [0.1, 0.15) is 12.1 Å². The van der Waals surface area contributed by atoms with Gasteiger partial charge in [0.15, 0.2) is 18.0 Å². The van der Waals surface area contributed by atoms with Crippen molar-refractivity contribution in [3.63, 3.8) is 0 Å². The van der Waals surface area contributed by atoms with Crippen LogP contribution in [0.1, 0.15) is 49.0 Å². The number of rotatable bonds is 12. The molecule has 12 nitrogen and oxygen atoms in total. The van der Waals surface area contributed by atoms with E-state index in [-0.39, 0.29) is 23.6 Å². The van der Waals surface area contributed by atoms with Gasteiger partial charge in [-0.1, -0.05) is 60.7 Å². The summed E-state index contributed by atoms with van der Waals surface area (Å²) in [5.74, 6) is -0.0201. The first-order valence-electron chi connectivity index (χ1n) is 18.4. The van der Waals surface area contributed by atoms with Gasteiger partial charge in [-0.25, -0.2) is 4.98 Å². The molecule has 12 heteroatoms. The van der Waals surface area contributed by atoms with Crippen LogP contribution in [0.15, 0.2) is 120 Å². The van der Waals surface area contributed by atoms with Crippen LogP contribution in [-0.4, -0.2) is 77.8 Å². The van der Waals surface area contributed by atoms with E-state index in [2.05, 4.69) is 15.6 Å². The molecular formula is C43H43N5O7. The third-order valence-corrected chi connectivity index (χ3v) is 10.1. The number of hydrogen-bond donors (Lipinski definition) is 2. The summed E-state index contributed by atoms with van der Waals surface area (Å²) in [6, 6.07) is 31.7. The van der Waals surface area contributed by atoms with E-state index in [4.69, 9.17) is 13.9 Å². The molecule has 2 aliphatic heterocycles. The number of carbonyl (C=O) groups excluding carboxylic acids is 4. The monoisotopic (exact) mass is 741 g/mol. The first-order valence-corrected chi connectivity index (χ1v) is 18.4. The quantitative estimate of drug-likeness (QED) is 0.145. The van der Waals surface area contributed by atoms with Gasteiger partial charge in [0.25, 0.3) is 11.8 Å². The minimum Gasteiger partial charge on any atom is -0.436 e. The lowest BCUT2D eigenvalue weighted by Gasteiger charge is -2.27. The topological polar surface area (TPSA) is 143 Å². The third-order valence-electron chi connectivity index (χ3n) is 10.1. The molecule has 0 spiro atoms. The van der Waals surface area contributed by atoms with Crippen molar-refractivity contribution >= 4 is 35.0 Å². The van der Waals surface area contributed by atoms with Crippen LogP contribution < -0.4 is 10.6 Å². The lowest BCUT2D eigenvalue weighted by molar-refractivity contribution is -0.146. The Hall–Kier alpha value is -6.11. The lowest BCUT2D eigenvalue weighted by atomic mass is 10.1. The SMILES string of the molecule is CO[C@@H](C(=O)N1CCCC1C(=O)Nc1ccc(-c2cnc(-c3ccc(NC(=O)[C@@H]4CCCN4C(=O)[C@H](OC)c4ccccc4)cc3)o2)cc1)c1ccccc1. The first kappa shape index (κ1) is 37.2. The Kier molecular flexibility index (Phi) is 11.4. The molecule has 2 fully saturated rings. The van der Waals surface area contributed by atoms with Gasteiger partial charge in [-0.15, -0.1) is 0 Å². The summed E-state index contributed by atoms with van der Waals surface area (Å²) in [6.07, 6.45) is 2.67. The summed E-state index contributed by atoms with van der Waals surface area (Å²) in [6.45, 7) is 0.972. The number of nitrogens with zero attached hydrogens (tertiary/aromatic N) is 3. The standard InChI is InChI=1S/C43H43N5O7/c1-53-37(29-11-5-3-6-12-29)42(51)47-25-9-15-34(47)39(49)45-32-21-17-28(18-22-32)36-27-44-41(55-36)31-19-23-33(24-20-31)46-40(50)35-16-10-26-48(35)43(52)38(54-2)30-13-7-4-8-14-30/h3-8,11-14,17-24,27,34-35,37-38H,9-10,15-16,25-26H2,1-2H3,(H,45,49)(H,46,50)/t34?,35-,37+,38+/m0/s1. The van der Waals surface area contributed by atoms with Crippen molar-refractivity contribution in [2.24, 2.45) is 0 Å². The second-order valence-corrected chi connectivity index (χ2v) is 13.6. The van der Waals surface area contributed by atoms with Crippen LogP contribution in [0.5, 0.6) is 0 Å². The number of amides is 4. The smallest absolute Gasteiger partial charge is 0.257 e. The molecule has 5 aromatic rings. The van der Waals surface area contributed by atoms with Crippen LogP contribution in [0.2, 0.25) is 0 Å². The average Bonchev–Trinajstić information content (AvgIpc) is 4.02. The zero-order chi connectivity index (χ0) is 38.3. The zero-order valence-electron chi connectivity index (χ0n) is 30.7. The Bertz CT molecular complexity index is 1960. The molecule has 282 valence electrons. The molecular weight excluding hydrogens is 699 g/mol. The first-order chi connectivity index (χ1) is 26.8. The Balaban J connectivity index is 0.944. The Morgan fingerprint density at radius 1 is 0.636 bits per heavy atom. The van der Waals surface area contributed by atoms with E-state index in [0.29, 0.717) is 49.0 Å². The van der Waals surface area contributed by atoms with Gasteiger partial charge in [0, 0.05) is 49.8 Å². The number of aromatic nitrogens is 1. The Labute approximate surface area is 319 Å². The Morgan fingerprint density at radius 3 is 1.51 bits per heavy atom. The van der Waals surface area contributed by atoms with Crippen LogP contribution in [0.4, 0.5) is 11.4 Å². The Morgan fingerprint density at radius 2 is 1.07 bits per heavy atom. The van der Waals surface area contributed by atoms with Crippen LogP contribution in [-0.2, 0) is 28.7 Å². The number of benzene rings is 4. The molecule has 4 atom stereocenters. The highest BCUT2D eigenvalue weighted by molar-refractivity contribution is 5.99. The molecule has 0 radical (unpaired) electrons. The van der Waals surface area contributed by atoms with Gasteiger partial charge in [-0.05, 0) is 85.3 Å². The number of ether oxygens (including phenoxy) is 2. The molecule has 1 aromatic heterocycles. The van der Waals surface area contributed by atoms with Crippen LogP contribution in [0.3, 0.4) is 0 Å². The van der Waals surface area contributed by atoms with Crippen LogP contribution >= 0.6 is 0 Å². The molecule has 2 N–H and O–H groups in total. The number of oxazole rings is 1. The summed E-state index contributed by atoms with van der Waals surface area (Å²) >= 11 is 0. The van der Waals surface area contributed by atoms with E-state index in [1.165, 1.54) is 14.2 Å². The van der Waals surface area contributed by atoms with Crippen molar-refractivity contribution in [1.82, 2.24) is 14.8 Å². The molecule has 3 heterocycles. The summed E-state index contributed by atoms with van der Waals surface area (Å²) in [4.78, 5) is 61.2. The number of anilines is 2. The van der Waals surface area contributed by atoms with Crippen molar-refractivity contribution < 1.29 is 33.1 Å². The molecule has 2 saturated heterocycles. The van der Waals surface area contributed by atoms with Gasteiger partial charge in [0.2, 0.25) is 17.7 Å². The van der Waals surface area contributed by atoms with Crippen molar-refractivity contribution in [1.29, 1.82) is 0 Å². The molecule has 7 rings (SSSR count). The van der Waals surface area contributed by atoms with Crippen LogP contribution in [0, 0.1) is 0 Å². The van der Waals surface area contributed by atoms with E-state index in [1.54, 1.807) is 40.3 Å². The zero-order valence-corrected chi connectivity index (χ0v) is 30.7. The van der Waals surface area contributed by atoms with Crippen molar-refractivity contribution in [3.05, 3.63) is 127 Å². The highest BCUT2D eigenvalue weighted by Gasteiger charge is 2.39. The van der Waals surface area contributed by atoms with E-state index >= 15 is 0 Å². The van der Waals surface area contributed by atoms with E-state index in [9.17, 15) is 19.2 Å². The maximum atomic E-state index is 13.4. The minimum absolute atomic E-state index is 0.230. The average molecular weight is 742 g/mol. The van der Waals surface area contributed by atoms with E-state index < -0.39 is 24.3 Å². The van der Waals surface area contributed by atoms with Gasteiger partial charge in [0.05, 0.1) is 6.20 Å². The molecule has 4 aromatic carbocycles. The normalized spacial score (nSPS) is 17.8. The number of hydrogen-bond acceptors (Lipinski definition) is 8. The summed E-state index contributed by atoms with van der Waals surface area (Å²) < 4.78 is 17.2. The molecule has 2 aliphatic rings. The van der Waals surface area contributed by atoms with Crippen molar-refractivity contribution in [2.75, 3.05) is 37.9 Å². The predicted molar refractivity (Wildman–Crippen MR) is 206 cm³/mol. The van der Waals surface area contributed by atoms with Gasteiger partial charge in [-0.2, -0.15) is 0 Å². The summed E-state index contributed by atoms with van der Waals surface area (Å²) in [5.41, 5.74) is 4.16. The van der Waals surface area contributed by atoms with Gasteiger partial charge >= 0.3 is 0 Å². The fourth-order valence-corrected chi connectivity index (χ4v) is 7.33. The second-order valence-electron chi connectivity index (χ2n) is 13.6. The summed E-state index contributed by atoms with van der Waals surface area (Å²) in [5, 5.41) is 5.91. The lowest BCUT2D eigenvalue weighted by Crippen LogP contribution is -2.45. The van der Waals surface area contributed by atoms with E-state index in [1.807, 2.05) is 84.9 Å². The van der Waals surface area contributed by atoms with E-state index in [0.717, 1.165) is 35.1 Å². The molecule has 0 saturated carbocycles. The van der Waals surface area contributed by atoms with Crippen LogP contribution in [0.25, 0.3) is 22.8 Å². The highest BCUT2D eigenvalue weighted by Crippen LogP contribution is 2.31. The largest absolute Gasteiger partial charge is 0.436 e. The number of carbonyl (C=O) groups is 4. The van der Waals surface area contributed by atoms with Gasteiger partial charge < -0.3 is 34.3 Å². The molecule has 1 unspecified atom stereocenters. The second kappa shape index (κ2) is 16.9. The molecule has 0 bridgehead atoms. The maximum Gasteiger partial charge on any atom is 0.257 e. The third kappa shape index (κ3) is 8.20. The minimum atomic E-state index is -0.778. The molecule has 4 amide bonds. The summed E-state index contributed by atoms with van der Waals surface area (Å²) in [7, 11) is 3.00.